The molecule has 2 atom stereocenters. The van der Waals surface area contributed by atoms with Gasteiger partial charge in [-0.2, -0.15) is 13.2 Å². The van der Waals surface area contributed by atoms with Gasteiger partial charge in [0.25, 0.3) is 5.91 Å². The second-order valence-electron chi connectivity index (χ2n) is 8.16. The number of anilines is 2. The minimum Gasteiger partial charge on any atom is -0.385 e. The first-order valence-corrected chi connectivity index (χ1v) is 10.6. The summed E-state index contributed by atoms with van der Waals surface area (Å²) in [5.41, 5.74) is 8.13. The lowest BCUT2D eigenvalue weighted by atomic mass is 9.91. The van der Waals surface area contributed by atoms with E-state index in [9.17, 15) is 18.0 Å². The van der Waals surface area contributed by atoms with Crippen LogP contribution in [0.15, 0.2) is 36.4 Å². The summed E-state index contributed by atoms with van der Waals surface area (Å²) in [6, 6.07) is 7.89. The molecule has 0 spiro atoms. The lowest BCUT2D eigenvalue weighted by Gasteiger charge is -2.36. The van der Waals surface area contributed by atoms with Crippen LogP contribution in [0.3, 0.4) is 0 Å². The van der Waals surface area contributed by atoms with E-state index < -0.39 is 23.9 Å². The highest BCUT2D eigenvalue weighted by Gasteiger charge is 2.36. The Hall–Kier alpha value is -3.66. The molecule has 2 aromatic carbocycles. The first-order valence-electron chi connectivity index (χ1n) is 10.6. The van der Waals surface area contributed by atoms with Gasteiger partial charge in [-0.3, -0.25) is 4.79 Å². The van der Waals surface area contributed by atoms with Crippen LogP contribution in [0.1, 0.15) is 51.7 Å². The van der Waals surface area contributed by atoms with Gasteiger partial charge >= 0.3 is 6.18 Å². The number of nitrogens with two attached hydrogens (primary N) is 1. The molecule has 2 heterocycles. The number of aromatic nitrogens is 1. The third-order valence-corrected chi connectivity index (χ3v) is 6.20. The number of nitrogens with zero attached hydrogens (tertiary/aromatic N) is 2. The average molecular weight is 471 g/mol. The Kier molecular flexibility index (Phi) is 5.94. The zero-order valence-corrected chi connectivity index (χ0v) is 18.8. The number of fused-ring (bicyclic) bond motifs is 2. The number of carbonyl (C=O) groups is 1. The number of alkyl halides is 3. The number of likely N-dealkylation sites (N-methyl/N-ethyl adjacent to an activating group) is 1. The minimum atomic E-state index is -4.47. The third kappa shape index (κ3) is 3.94. The molecule has 0 saturated carbocycles. The van der Waals surface area contributed by atoms with Crippen LogP contribution < -0.4 is 11.1 Å². The number of amides is 1. The summed E-state index contributed by atoms with van der Waals surface area (Å²) in [5.74, 6) is -0.0948. The second kappa shape index (κ2) is 8.60. The molecular weight excluding hydrogens is 447 g/mol. The van der Waals surface area contributed by atoms with Crippen LogP contribution in [-0.4, -0.2) is 42.7 Å². The zero-order valence-electron chi connectivity index (χ0n) is 18.8. The predicted octanol–water partition coefficient (Wildman–Crippen LogP) is 4.78. The largest absolute Gasteiger partial charge is 0.416 e. The van der Waals surface area contributed by atoms with E-state index >= 15 is 0 Å². The summed E-state index contributed by atoms with van der Waals surface area (Å²) in [6.07, 6.45) is -3.84. The van der Waals surface area contributed by atoms with Crippen molar-refractivity contribution in [1.82, 2.24) is 9.88 Å². The molecule has 4 N–H and O–H groups in total. The molecule has 3 aromatic rings. The van der Waals surface area contributed by atoms with Crippen molar-refractivity contribution in [2.75, 3.05) is 31.8 Å². The fraction of sp³-hybridized carbons (Fsp3) is 0.292. The van der Waals surface area contributed by atoms with Gasteiger partial charge in [-0.15, -0.1) is 0 Å². The topological polar surface area (TPSA) is 104 Å². The normalized spacial score (nSPS) is 17.8. The highest BCUT2D eigenvalue weighted by molar-refractivity contribution is 6.08. The molecule has 0 aliphatic carbocycles. The Labute approximate surface area is 194 Å². The summed E-state index contributed by atoms with van der Waals surface area (Å²) >= 11 is 0. The molecule has 0 bridgehead atoms. The smallest absolute Gasteiger partial charge is 0.385 e. The van der Waals surface area contributed by atoms with Crippen molar-refractivity contribution in [3.05, 3.63) is 64.2 Å². The van der Waals surface area contributed by atoms with Crippen LogP contribution in [-0.2, 0) is 10.9 Å². The number of rotatable bonds is 4. The third-order valence-electron chi connectivity index (χ3n) is 6.20. The molecule has 34 heavy (non-hydrogen) atoms. The minimum absolute atomic E-state index is 0.156. The highest BCUT2D eigenvalue weighted by Crippen LogP contribution is 2.39. The Morgan fingerprint density at radius 3 is 2.65 bits per heavy atom. The molecule has 1 aromatic heterocycles. The van der Waals surface area contributed by atoms with Crippen molar-refractivity contribution in [3.63, 3.8) is 0 Å². The van der Waals surface area contributed by atoms with Crippen molar-refractivity contribution in [2.45, 2.75) is 25.2 Å². The summed E-state index contributed by atoms with van der Waals surface area (Å²) < 4.78 is 45.4. The van der Waals surface area contributed by atoms with Crippen LogP contribution in [0.4, 0.5) is 24.7 Å². The lowest BCUT2D eigenvalue weighted by molar-refractivity contribution is -0.137. The SMILES string of the molecule is CNc1c(N)nc2ccc(C(=O)N(C)[C@@H]3CO[C@H](C)c4cc(C(F)(F)F)ccc43)cc2c1C=N. The van der Waals surface area contributed by atoms with E-state index in [2.05, 4.69) is 10.3 Å². The molecule has 1 aliphatic heterocycles. The highest BCUT2D eigenvalue weighted by atomic mass is 19.4. The first-order chi connectivity index (χ1) is 16.1. The monoisotopic (exact) mass is 471 g/mol. The fourth-order valence-corrected chi connectivity index (χ4v) is 4.34. The maximum atomic E-state index is 13.4. The summed E-state index contributed by atoms with van der Waals surface area (Å²) in [5, 5.41) is 11.3. The van der Waals surface area contributed by atoms with Gasteiger partial charge in [0, 0.05) is 36.8 Å². The molecule has 0 unspecified atom stereocenters. The van der Waals surface area contributed by atoms with E-state index in [1.54, 1.807) is 39.2 Å². The number of halogens is 3. The van der Waals surface area contributed by atoms with Crippen LogP contribution >= 0.6 is 0 Å². The molecule has 0 saturated heterocycles. The maximum absolute atomic E-state index is 13.4. The van der Waals surface area contributed by atoms with Gasteiger partial charge in [0.15, 0.2) is 0 Å². The van der Waals surface area contributed by atoms with Crippen LogP contribution in [0, 0.1) is 5.41 Å². The van der Waals surface area contributed by atoms with Crippen LogP contribution in [0.2, 0.25) is 0 Å². The molecule has 4 rings (SSSR count). The van der Waals surface area contributed by atoms with E-state index in [0.717, 1.165) is 18.3 Å². The van der Waals surface area contributed by atoms with Crippen molar-refractivity contribution in [3.8, 4) is 0 Å². The van der Waals surface area contributed by atoms with E-state index in [1.165, 1.54) is 11.0 Å². The number of benzene rings is 2. The van der Waals surface area contributed by atoms with Crippen molar-refractivity contribution in [2.24, 2.45) is 0 Å². The van der Waals surface area contributed by atoms with Gasteiger partial charge in [-0.05, 0) is 48.4 Å². The predicted molar refractivity (Wildman–Crippen MR) is 124 cm³/mol. The number of hydrogen-bond acceptors (Lipinski definition) is 6. The van der Waals surface area contributed by atoms with Crippen molar-refractivity contribution < 1.29 is 22.7 Å². The number of hydrogen-bond donors (Lipinski definition) is 3. The Balaban J connectivity index is 1.73. The molecule has 1 aliphatic rings. The number of nitrogen functional groups attached to an aromatic ring is 1. The van der Waals surface area contributed by atoms with Crippen molar-refractivity contribution in [1.29, 1.82) is 5.41 Å². The quantitative estimate of drug-likeness (QED) is 0.475. The van der Waals surface area contributed by atoms with Crippen LogP contribution in [0.25, 0.3) is 10.9 Å². The maximum Gasteiger partial charge on any atom is 0.416 e. The molecule has 0 radical (unpaired) electrons. The molecule has 0 fully saturated rings. The standard InChI is InChI=1S/C24H24F3N5O2/c1-12-16-9-14(24(25,26)27)5-6-15(16)20(11-34-12)32(3)23(33)13-4-7-19-17(8-13)18(10-28)21(30-2)22(29)31-19/h4-10,12,20,28,30H,11H2,1-3H3,(H2,29,31)/t12-,20-/m1/s1. The summed E-state index contributed by atoms with van der Waals surface area (Å²) in [4.78, 5) is 19.2. The van der Waals surface area contributed by atoms with E-state index in [1.807, 2.05) is 0 Å². The fourth-order valence-electron chi connectivity index (χ4n) is 4.34. The lowest BCUT2D eigenvalue weighted by Crippen LogP contribution is -2.37. The Morgan fingerprint density at radius 2 is 2.00 bits per heavy atom. The molecule has 7 nitrogen and oxygen atoms in total. The van der Waals surface area contributed by atoms with E-state index in [0.29, 0.717) is 38.8 Å². The molecule has 10 heteroatoms. The van der Waals surface area contributed by atoms with Gasteiger partial charge in [0.05, 0.1) is 35.5 Å². The van der Waals surface area contributed by atoms with Gasteiger partial charge in [0.2, 0.25) is 0 Å². The first kappa shape index (κ1) is 23.5. The second-order valence-corrected chi connectivity index (χ2v) is 8.16. The average Bonchev–Trinajstić information content (AvgIpc) is 2.81. The summed E-state index contributed by atoms with van der Waals surface area (Å²) in [7, 11) is 3.26. The zero-order chi connectivity index (χ0) is 24.8. The Morgan fingerprint density at radius 1 is 1.26 bits per heavy atom. The van der Waals surface area contributed by atoms with Crippen molar-refractivity contribution >= 4 is 34.5 Å². The van der Waals surface area contributed by atoms with E-state index in [4.69, 9.17) is 15.9 Å². The number of nitrogens with one attached hydrogen (secondary N) is 2. The Bertz CT molecular complexity index is 1290. The molecular formula is C24H24F3N5O2. The van der Waals surface area contributed by atoms with Gasteiger partial charge < -0.3 is 26.1 Å². The number of pyridine rings is 1. The number of ether oxygens (including phenoxy) is 1. The summed E-state index contributed by atoms with van der Waals surface area (Å²) in [6.45, 7) is 1.85. The molecule has 178 valence electrons. The number of carbonyl (C=O) groups excluding carboxylic acids is 1. The van der Waals surface area contributed by atoms with Gasteiger partial charge in [-0.1, -0.05) is 6.07 Å². The van der Waals surface area contributed by atoms with Gasteiger partial charge in [0.1, 0.15) is 5.82 Å². The van der Waals surface area contributed by atoms with Gasteiger partial charge in [-0.25, -0.2) is 4.98 Å². The van der Waals surface area contributed by atoms with Crippen LogP contribution in [0.5, 0.6) is 0 Å². The van der Waals surface area contributed by atoms with E-state index in [-0.39, 0.29) is 18.3 Å². The molecule has 1 amide bonds.